The lowest BCUT2D eigenvalue weighted by Crippen LogP contribution is -2.40. The Morgan fingerprint density at radius 1 is 1.00 bits per heavy atom. The average molecular weight is 128 g/mol. The minimum atomic E-state index is 0.632. The maximum absolute atomic E-state index is 3.43. The molecule has 0 saturated carbocycles. The molecule has 1 heterocycles. The smallest absolute Gasteiger partial charge is 0.0190 e. The SMILES string of the molecule is C[C@@H]1NCCCN[C@@H]1C. The molecule has 1 fully saturated rings. The van der Waals surface area contributed by atoms with Crippen LogP contribution < -0.4 is 10.6 Å². The first-order chi connectivity index (χ1) is 4.30. The van der Waals surface area contributed by atoms with Gasteiger partial charge in [0, 0.05) is 12.1 Å². The number of nitrogens with one attached hydrogen (secondary N) is 2. The summed E-state index contributed by atoms with van der Waals surface area (Å²) in [4.78, 5) is 0. The van der Waals surface area contributed by atoms with Gasteiger partial charge >= 0.3 is 0 Å². The maximum atomic E-state index is 3.43. The molecule has 0 aromatic rings. The van der Waals surface area contributed by atoms with Crippen LogP contribution in [-0.4, -0.2) is 25.2 Å². The maximum Gasteiger partial charge on any atom is 0.0190 e. The van der Waals surface area contributed by atoms with Crippen LogP contribution in [0.15, 0.2) is 0 Å². The van der Waals surface area contributed by atoms with E-state index in [9.17, 15) is 0 Å². The summed E-state index contributed by atoms with van der Waals surface area (Å²) in [5, 5.41) is 6.86. The van der Waals surface area contributed by atoms with Gasteiger partial charge in [-0.1, -0.05) is 0 Å². The highest BCUT2D eigenvalue weighted by atomic mass is 15.0. The van der Waals surface area contributed by atoms with Gasteiger partial charge in [-0.2, -0.15) is 0 Å². The minimum absolute atomic E-state index is 0.632. The molecule has 2 atom stereocenters. The lowest BCUT2D eigenvalue weighted by atomic mass is 10.2. The third-order valence-corrected chi connectivity index (χ3v) is 2.04. The molecule has 0 radical (unpaired) electrons. The van der Waals surface area contributed by atoms with Crippen molar-refractivity contribution in [3.05, 3.63) is 0 Å². The lowest BCUT2D eigenvalue weighted by Gasteiger charge is -2.17. The number of rotatable bonds is 0. The van der Waals surface area contributed by atoms with Crippen molar-refractivity contribution >= 4 is 0 Å². The molecule has 54 valence electrons. The van der Waals surface area contributed by atoms with E-state index in [0.717, 1.165) is 0 Å². The molecule has 1 aliphatic heterocycles. The van der Waals surface area contributed by atoms with Crippen molar-refractivity contribution in [2.75, 3.05) is 13.1 Å². The zero-order chi connectivity index (χ0) is 6.69. The monoisotopic (exact) mass is 128 g/mol. The van der Waals surface area contributed by atoms with Gasteiger partial charge in [-0.25, -0.2) is 0 Å². The Balaban J connectivity index is 2.32. The van der Waals surface area contributed by atoms with Crippen molar-refractivity contribution in [1.82, 2.24) is 10.6 Å². The van der Waals surface area contributed by atoms with Crippen LogP contribution in [0.1, 0.15) is 20.3 Å². The predicted molar refractivity (Wildman–Crippen MR) is 39.5 cm³/mol. The summed E-state index contributed by atoms with van der Waals surface area (Å²) in [5.41, 5.74) is 0. The molecule has 2 N–H and O–H groups in total. The molecule has 0 bridgehead atoms. The standard InChI is InChI=1S/C7H16N2/c1-6-7(2)9-5-3-4-8-6/h6-9H,3-5H2,1-2H3/t6-,7+. The zero-order valence-electron chi connectivity index (χ0n) is 6.28. The molecule has 0 aliphatic carbocycles. The molecule has 0 unspecified atom stereocenters. The Hall–Kier alpha value is -0.0800. The van der Waals surface area contributed by atoms with Gasteiger partial charge in [0.05, 0.1) is 0 Å². The third-order valence-electron chi connectivity index (χ3n) is 2.04. The molecule has 2 heteroatoms. The second-order valence-corrected chi connectivity index (χ2v) is 2.84. The highest BCUT2D eigenvalue weighted by Gasteiger charge is 2.12. The summed E-state index contributed by atoms with van der Waals surface area (Å²) in [6.45, 7) is 6.78. The van der Waals surface area contributed by atoms with Gasteiger partial charge in [-0.05, 0) is 33.4 Å². The fourth-order valence-corrected chi connectivity index (χ4v) is 1.10. The van der Waals surface area contributed by atoms with Crippen LogP contribution in [0.3, 0.4) is 0 Å². The summed E-state index contributed by atoms with van der Waals surface area (Å²) in [5.74, 6) is 0. The molecule has 0 amide bonds. The highest BCUT2D eigenvalue weighted by molar-refractivity contribution is 4.77. The van der Waals surface area contributed by atoms with Gasteiger partial charge in [0.15, 0.2) is 0 Å². The topological polar surface area (TPSA) is 24.1 Å². The third kappa shape index (κ3) is 1.95. The van der Waals surface area contributed by atoms with E-state index >= 15 is 0 Å². The molecule has 1 aliphatic rings. The molecular formula is C7H16N2. The van der Waals surface area contributed by atoms with Gasteiger partial charge in [-0.3, -0.25) is 0 Å². The van der Waals surface area contributed by atoms with Gasteiger partial charge in [0.1, 0.15) is 0 Å². The Labute approximate surface area is 57.0 Å². The molecule has 9 heavy (non-hydrogen) atoms. The lowest BCUT2D eigenvalue weighted by molar-refractivity contribution is 0.460. The fraction of sp³-hybridized carbons (Fsp3) is 1.00. The van der Waals surface area contributed by atoms with Crippen LogP contribution in [0, 0.1) is 0 Å². The Morgan fingerprint density at radius 2 is 1.44 bits per heavy atom. The van der Waals surface area contributed by atoms with Crippen molar-refractivity contribution < 1.29 is 0 Å². The summed E-state index contributed by atoms with van der Waals surface area (Å²) < 4.78 is 0. The van der Waals surface area contributed by atoms with E-state index in [1.54, 1.807) is 0 Å². The van der Waals surface area contributed by atoms with Crippen LogP contribution in [0.5, 0.6) is 0 Å². The molecule has 0 aromatic carbocycles. The van der Waals surface area contributed by atoms with Crippen LogP contribution in [-0.2, 0) is 0 Å². The molecule has 0 spiro atoms. The number of hydrogen-bond donors (Lipinski definition) is 2. The van der Waals surface area contributed by atoms with Gasteiger partial charge in [-0.15, -0.1) is 0 Å². The van der Waals surface area contributed by atoms with Crippen molar-refractivity contribution in [2.45, 2.75) is 32.4 Å². The van der Waals surface area contributed by atoms with Crippen molar-refractivity contribution in [3.63, 3.8) is 0 Å². The highest BCUT2D eigenvalue weighted by Crippen LogP contribution is 1.95. The average Bonchev–Trinajstić information content (AvgIpc) is 1.99. The largest absolute Gasteiger partial charge is 0.313 e. The van der Waals surface area contributed by atoms with E-state index in [1.807, 2.05) is 0 Å². The quantitative estimate of drug-likeness (QED) is 0.492. The fourth-order valence-electron chi connectivity index (χ4n) is 1.10. The van der Waals surface area contributed by atoms with E-state index in [-0.39, 0.29) is 0 Å². The summed E-state index contributed by atoms with van der Waals surface area (Å²) >= 11 is 0. The minimum Gasteiger partial charge on any atom is -0.313 e. The second kappa shape index (κ2) is 3.18. The van der Waals surface area contributed by atoms with Gasteiger partial charge in [0.2, 0.25) is 0 Å². The van der Waals surface area contributed by atoms with Gasteiger partial charge in [0.25, 0.3) is 0 Å². The van der Waals surface area contributed by atoms with E-state index < -0.39 is 0 Å². The molecule has 2 nitrogen and oxygen atoms in total. The van der Waals surface area contributed by atoms with E-state index in [0.29, 0.717) is 12.1 Å². The van der Waals surface area contributed by atoms with Crippen LogP contribution in [0.2, 0.25) is 0 Å². The Bertz CT molecular complexity index is 73.0. The molecule has 0 aromatic heterocycles. The van der Waals surface area contributed by atoms with Crippen molar-refractivity contribution in [3.8, 4) is 0 Å². The van der Waals surface area contributed by atoms with Crippen molar-refractivity contribution in [2.24, 2.45) is 0 Å². The predicted octanol–water partition coefficient (Wildman–Crippen LogP) is 0.346. The molecular weight excluding hydrogens is 112 g/mol. The summed E-state index contributed by atoms with van der Waals surface area (Å²) in [6.07, 6.45) is 1.26. The van der Waals surface area contributed by atoms with Crippen LogP contribution in [0.25, 0.3) is 0 Å². The van der Waals surface area contributed by atoms with Crippen molar-refractivity contribution in [1.29, 1.82) is 0 Å². The van der Waals surface area contributed by atoms with E-state index in [4.69, 9.17) is 0 Å². The molecule has 1 saturated heterocycles. The first-order valence-electron chi connectivity index (χ1n) is 3.77. The van der Waals surface area contributed by atoms with E-state index in [1.165, 1.54) is 19.5 Å². The first-order valence-corrected chi connectivity index (χ1v) is 3.77. The number of hydrogen-bond acceptors (Lipinski definition) is 2. The van der Waals surface area contributed by atoms with Crippen LogP contribution >= 0.6 is 0 Å². The zero-order valence-corrected chi connectivity index (χ0v) is 6.28. The summed E-state index contributed by atoms with van der Waals surface area (Å²) in [6, 6.07) is 1.26. The first kappa shape index (κ1) is 7.03. The van der Waals surface area contributed by atoms with E-state index in [2.05, 4.69) is 24.5 Å². The summed E-state index contributed by atoms with van der Waals surface area (Å²) in [7, 11) is 0. The normalized spacial score (nSPS) is 38.0. The second-order valence-electron chi connectivity index (χ2n) is 2.84. The van der Waals surface area contributed by atoms with Crippen LogP contribution in [0.4, 0.5) is 0 Å². The molecule has 1 rings (SSSR count). The van der Waals surface area contributed by atoms with Gasteiger partial charge < -0.3 is 10.6 Å². The Morgan fingerprint density at radius 3 is 1.89 bits per heavy atom. The Kier molecular flexibility index (Phi) is 2.49.